The molecule has 0 unspecified atom stereocenters. The monoisotopic (exact) mass is 212 g/mol. The molecule has 0 radical (unpaired) electrons. The number of carbonyl (C=O) groups is 2. The highest BCUT2D eigenvalue weighted by molar-refractivity contribution is 5.82. The fraction of sp³-hybridized carbons (Fsp3) is 0.636. The largest absolute Gasteiger partial charge is 0.481 e. The topological polar surface area (TPSA) is 63.6 Å². The summed E-state index contributed by atoms with van der Waals surface area (Å²) in [7, 11) is 1.29. The zero-order valence-electron chi connectivity index (χ0n) is 9.24. The number of rotatable bonds is 2. The Morgan fingerprint density at radius 2 is 1.67 bits per heavy atom. The molecule has 0 bridgehead atoms. The molecule has 1 aliphatic rings. The van der Waals surface area contributed by atoms with Crippen molar-refractivity contribution in [2.45, 2.75) is 26.7 Å². The standard InChI is InChI=1S/C11H16O4/c1-6-4-8(10(12)13)9(5-7(6)2)11(14)15-3/h8-9H,4-5H2,1-3H3,(H,12,13)/t8-,9-/m1/s1. The van der Waals surface area contributed by atoms with E-state index in [4.69, 9.17) is 5.11 Å². The Kier molecular flexibility index (Phi) is 3.50. The minimum Gasteiger partial charge on any atom is -0.481 e. The summed E-state index contributed by atoms with van der Waals surface area (Å²) < 4.78 is 4.63. The number of ether oxygens (including phenoxy) is 1. The number of aliphatic carboxylic acids is 1. The van der Waals surface area contributed by atoms with E-state index >= 15 is 0 Å². The molecule has 1 rings (SSSR count). The van der Waals surface area contributed by atoms with Crippen molar-refractivity contribution in [1.82, 2.24) is 0 Å². The van der Waals surface area contributed by atoms with Crippen LogP contribution in [0.5, 0.6) is 0 Å². The van der Waals surface area contributed by atoms with E-state index in [-0.39, 0.29) is 0 Å². The summed E-state index contributed by atoms with van der Waals surface area (Å²) >= 11 is 0. The molecule has 15 heavy (non-hydrogen) atoms. The maximum Gasteiger partial charge on any atom is 0.309 e. The first-order valence-corrected chi connectivity index (χ1v) is 4.93. The van der Waals surface area contributed by atoms with Gasteiger partial charge in [-0.3, -0.25) is 9.59 Å². The Morgan fingerprint density at radius 3 is 2.07 bits per heavy atom. The Labute approximate surface area is 88.9 Å². The fourth-order valence-corrected chi connectivity index (χ4v) is 1.95. The average Bonchev–Trinajstić information content (AvgIpc) is 2.20. The van der Waals surface area contributed by atoms with E-state index in [2.05, 4.69) is 4.74 Å². The minimum atomic E-state index is -0.919. The molecule has 0 fully saturated rings. The van der Waals surface area contributed by atoms with Crippen molar-refractivity contribution in [3.8, 4) is 0 Å². The van der Waals surface area contributed by atoms with Crippen LogP contribution in [-0.4, -0.2) is 24.2 Å². The molecule has 2 atom stereocenters. The first-order valence-electron chi connectivity index (χ1n) is 4.93. The molecule has 0 aromatic heterocycles. The molecule has 0 saturated carbocycles. The van der Waals surface area contributed by atoms with Crippen molar-refractivity contribution in [3.63, 3.8) is 0 Å². The van der Waals surface area contributed by atoms with E-state index in [0.29, 0.717) is 12.8 Å². The minimum absolute atomic E-state index is 0.422. The van der Waals surface area contributed by atoms with Crippen LogP contribution in [0.1, 0.15) is 26.7 Å². The Bertz CT molecular complexity index is 317. The number of carboxylic acids is 1. The summed E-state index contributed by atoms with van der Waals surface area (Å²) in [4.78, 5) is 22.4. The summed E-state index contributed by atoms with van der Waals surface area (Å²) in [5.74, 6) is -2.51. The fourth-order valence-electron chi connectivity index (χ4n) is 1.95. The van der Waals surface area contributed by atoms with E-state index < -0.39 is 23.8 Å². The van der Waals surface area contributed by atoms with Gasteiger partial charge in [-0.1, -0.05) is 11.1 Å². The first kappa shape index (κ1) is 11.8. The Morgan fingerprint density at radius 1 is 1.20 bits per heavy atom. The van der Waals surface area contributed by atoms with E-state index in [0.717, 1.165) is 11.1 Å². The molecule has 0 heterocycles. The molecule has 0 amide bonds. The lowest BCUT2D eigenvalue weighted by atomic mass is 9.76. The van der Waals surface area contributed by atoms with E-state index in [1.807, 2.05) is 13.8 Å². The van der Waals surface area contributed by atoms with Gasteiger partial charge in [-0.05, 0) is 26.7 Å². The van der Waals surface area contributed by atoms with Crippen molar-refractivity contribution < 1.29 is 19.4 Å². The van der Waals surface area contributed by atoms with Gasteiger partial charge in [0.15, 0.2) is 0 Å². The van der Waals surface area contributed by atoms with E-state index in [1.165, 1.54) is 7.11 Å². The van der Waals surface area contributed by atoms with Crippen LogP contribution in [0.3, 0.4) is 0 Å². The van der Waals surface area contributed by atoms with Gasteiger partial charge in [-0.2, -0.15) is 0 Å². The Balaban J connectivity index is 2.94. The molecule has 4 nitrogen and oxygen atoms in total. The summed E-state index contributed by atoms with van der Waals surface area (Å²) in [5, 5.41) is 9.03. The number of hydrogen-bond acceptors (Lipinski definition) is 3. The molecule has 0 aliphatic heterocycles. The number of carbonyl (C=O) groups excluding carboxylic acids is 1. The van der Waals surface area contributed by atoms with Crippen LogP contribution in [0, 0.1) is 11.8 Å². The Hall–Kier alpha value is -1.32. The molecule has 0 aromatic rings. The van der Waals surface area contributed by atoms with Gasteiger partial charge in [0.1, 0.15) is 0 Å². The third-order valence-corrected chi connectivity index (χ3v) is 3.09. The highest BCUT2D eigenvalue weighted by Gasteiger charge is 2.37. The molecule has 0 saturated heterocycles. The van der Waals surface area contributed by atoms with Crippen LogP contribution in [0.2, 0.25) is 0 Å². The number of hydrogen-bond donors (Lipinski definition) is 1. The van der Waals surface area contributed by atoms with Gasteiger partial charge >= 0.3 is 11.9 Å². The molecule has 4 heteroatoms. The zero-order chi connectivity index (χ0) is 11.6. The van der Waals surface area contributed by atoms with Gasteiger partial charge in [-0.15, -0.1) is 0 Å². The van der Waals surface area contributed by atoms with Crippen LogP contribution >= 0.6 is 0 Å². The number of esters is 1. The second-order valence-electron chi connectivity index (χ2n) is 4.04. The normalized spacial score (nSPS) is 26.3. The summed E-state index contributed by atoms with van der Waals surface area (Å²) in [6.45, 7) is 3.85. The van der Waals surface area contributed by atoms with E-state index in [9.17, 15) is 9.59 Å². The molecular formula is C11H16O4. The highest BCUT2D eigenvalue weighted by Crippen LogP contribution is 2.34. The molecule has 84 valence electrons. The van der Waals surface area contributed by atoms with Gasteiger partial charge < -0.3 is 9.84 Å². The molecule has 1 N–H and O–H groups in total. The SMILES string of the molecule is COC(=O)[C@@H]1CC(C)=C(C)C[C@H]1C(=O)O. The molecule has 0 spiro atoms. The quantitative estimate of drug-likeness (QED) is 0.558. The van der Waals surface area contributed by atoms with Crippen molar-refractivity contribution in [3.05, 3.63) is 11.1 Å². The number of allylic oxidation sites excluding steroid dienone is 2. The predicted octanol–water partition coefficient (Wildman–Crippen LogP) is 1.61. The average molecular weight is 212 g/mol. The van der Waals surface area contributed by atoms with Crippen LogP contribution in [0.25, 0.3) is 0 Å². The maximum absolute atomic E-state index is 11.4. The van der Waals surface area contributed by atoms with Gasteiger partial charge in [0.25, 0.3) is 0 Å². The van der Waals surface area contributed by atoms with Gasteiger partial charge in [0.05, 0.1) is 18.9 Å². The van der Waals surface area contributed by atoms with Crippen molar-refractivity contribution in [2.24, 2.45) is 11.8 Å². The number of methoxy groups -OCH3 is 1. The highest BCUT2D eigenvalue weighted by atomic mass is 16.5. The molecule has 1 aliphatic carbocycles. The second kappa shape index (κ2) is 4.47. The van der Waals surface area contributed by atoms with Crippen molar-refractivity contribution >= 4 is 11.9 Å². The lowest BCUT2D eigenvalue weighted by Gasteiger charge is -2.28. The second-order valence-corrected chi connectivity index (χ2v) is 4.04. The third kappa shape index (κ3) is 2.37. The summed E-state index contributed by atoms with van der Waals surface area (Å²) in [6.07, 6.45) is 0.941. The van der Waals surface area contributed by atoms with Crippen LogP contribution in [0.15, 0.2) is 11.1 Å². The predicted molar refractivity (Wildman–Crippen MR) is 54.2 cm³/mol. The maximum atomic E-state index is 11.4. The van der Waals surface area contributed by atoms with Crippen LogP contribution in [0.4, 0.5) is 0 Å². The zero-order valence-corrected chi connectivity index (χ0v) is 9.24. The third-order valence-electron chi connectivity index (χ3n) is 3.09. The lowest BCUT2D eigenvalue weighted by molar-refractivity contribution is -0.156. The van der Waals surface area contributed by atoms with Gasteiger partial charge in [0.2, 0.25) is 0 Å². The van der Waals surface area contributed by atoms with E-state index in [1.54, 1.807) is 0 Å². The van der Waals surface area contributed by atoms with Crippen LogP contribution < -0.4 is 0 Å². The van der Waals surface area contributed by atoms with Gasteiger partial charge in [0, 0.05) is 0 Å². The van der Waals surface area contributed by atoms with Crippen molar-refractivity contribution in [1.29, 1.82) is 0 Å². The van der Waals surface area contributed by atoms with Gasteiger partial charge in [-0.25, -0.2) is 0 Å². The lowest BCUT2D eigenvalue weighted by Crippen LogP contribution is -2.33. The molecular weight excluding hydrogens is 196 g/mol. The first-order chi connectivity index (χ1) is 6.97. The smallest absolute Gasteiger partial charge is 0.309 e. The summed E-state index contributed by atoms with van der Waals surface area (Å²) in [5.41, 5.74) is 2.17. The summed E-state index contributed by atoms with van der Waals surface area (Å²) in [6, 6.07) is 0. The van der Waals surface area contributed by atoms with Crippen LogP contribution in [-0.2, 0) is 14.3 Å². The number of carboxylic acid groups (broad SMARTS) is 1. The molecule has 0 aromatic carbocycles. The van der Waals surface area contributed by atoms with Crippen molar-refractivity contribution in [2.75, 3.05) is 7.11 Å².